The number of nitrogens with one attached hydrogen (secondary N) is 1. The van der Waals surface area contributed by atoms with Crippen molar-refractivity contribution in [3.8, 4) is 5.75 Å². The lowest BCUT2D eigenvalue weighted by Crippen LogP contribution is -2.36. The minimum Gasteiger partial charge on any atom is -0.496 e. The largest absolute Gasteiger partial charge is 0.496 e. The van der Waals surface area contributed by atoms with Gasteiger partial charge in [-0.2, -0.15) is 4.31 Å². The number of aromatic nitrogens is 2. The number of para-hydroxylation sites is 1. The van der Waals surface area contributed by atoms with Gasteiger partial charge in [-0.25, -0.2) is 13.4 Å². The molecular weight excluding hydrogens is 290 g/mol. The van der Waals surface area contributed by atoms with Crippen molar-refractivity contribution in [3.63, 3.8) is 0 Å². The monoisotopic (exact) mass is 309 g/mol. The van der Waals surface area contributed by atoms with Crippen LogP contribution in [0.25, 0.3) is 0 Å². The van der Waals surface area contributed by atoms with E-state index in [2.05, 4.69) is 9.97 Å². The fraction of sp³-hybridized carbons (Fsp3) is 0.357. The van der Waals surface area contributed by atoms with Crippen molar-refractivity contribution >= 4 is 10.0 Å². The Kier molecular flexibility index (Phi) is 4.64. The van der Waals surface area contributed by atoms with Gasteiger partial charge in [0.1, 0.15) is 5.75 Å². The van der Waals surface area contributed by atoms with E-state index in [0.29, 0.717) is 6.42 Å². The number of benzene rings is 1. The molecule has 2 aromatic rings. The lowest BCUT2D eigenvalue weighted by molar-refractivity contribution is 0.372. The Morgan fingerprint density at radius 1 is 1.38 bits per heavy atom. The first-order valence-corrected chi connectivity index (χ1v) is 7.99. The summed E-state index contributed by atoms with van der Waals surface area (Å²) in [6.07, 6.45) is 3.22. The van der Waals surface area contributed by atoms with Gasteiger partial charge < -0.3 is 9.72 Å². The first-order valence-electron chi connectivity index (χ1n) is 6.55. The Bertz CT molecular complexity index is 683. The molecular formula is C14H19N3O3S. The molecule has 6 nitrogen and oxygen atoms in total. The highest BCUT2D eigenvalue weighted by atomic mass is 32.2. The molecule has 0 fully saturated rings. The molecule has 0 aliphatic heterocycles. The van der Waals surface area contributed by atoms with Crippen LogP contribution in [0, 0.1) is 0 Å². The molecule has 7 heteroatoms. The zero-order valence-electron chi connectivity index (χ0n) is 12.3. The first kappa shape index (κ1) is 15.5. The van der Waals surface area contributed by atoms with E-state index in [9.17, 15) is 8.42 Å². The smallest absolute Gasteiger partial charge is 0.260 e. The number of rotatable bonds is 6. The van der Waals surface area contributed by atoms with Crippen LogP contribution < -0.4 is 4.74 Å². The summed E-state index contributed by atoms with van der Waals surface area (Å²) in [5, 5.41) is 0.0943. The molecule has 0 saturated carbocycles. The summed E-state index contributed by atoms with van der Waals surface area (Å²) in [6.45, 7) is 1.86. The van der Waals surface area contributed by atoms with E-state index in [-0.39, 0.29) is 11.1 Å². The van der Waals surface area contributed by atoms with Crippen LogP contribution in [0.3, 0.4) is 0 Å². The Labute approximate surface area is 124 Å². The Morgan fingerprint density at radius 2 is 2.10 bits per heavy atom. The number of hydrogen-bond donors (Lipinski definition) is 1. The standard InChI is InChI=1S/C14H19N3O3S/c1-11(8-12-6-4-5-7-13(12)20-3)17(2)21(18,19)14-9-15-10-16-14/h4-7,9-11H,8H2,1-3H3,(H,15,16). The number of aromatic amines is 1. The average Bonchev–Trinajstić information content (AvgIpc) is 3.02. The Balaban J connectivity index is 2.18. The van der Waals surface area contributed by atoms with Crippen LogP contribution in [0.4, 0.5) is 0 Å². The van der Waals surface area contributed by atoms with Gasteiger partial charge >= 0.3 is 0 Å². The minimum atomic E-state index is -3.56. The van der Waals surface area contributed by atoms with Crippen LogP contribution in [0.2, 0.25) is 0 Å². The first-order chi connectivity index (χ1) is 9.96. The Morgan fingerprint density at radius 3 is 2.71 bits per heavy atom. The van der Waals surface area contributed by atoms with Gasteiger partial charge in [0.2, 0.25) is 0 Å². The summed E-state index contributed by atoms with van der Waals surface area (Å²) in [4.78, 5) is 6.39. The van der Waals surface area contributed by atoms with E-state index in [1.165, 1.54) is 16.8 Å². The van der Waals surface area contributed by atoms with Crippen molar-refractivity contribution < 1.29 is 13.2 Å². The molecule has 1 unspecified atom stereocenters. The third-order valence-electron chi connectivity index (χ3n) is 3.46. The minimum absolute atomic E-state index is 0.0943. The molecule has 0 bridgehead atoms. The second-order valence-corrected chi connectivity index (χ2v) is 6.77. The van der Waals surface area contributed by atoms with Gasteiger partial charge in [0.25, 0.3) is 10.0 Å². The summed E-state index contributed by atoms with van der Waals surface area (Å²) in [7, 11) is -0.389. The third-order valence-corrected chi connectivity index (χ3v) is 5.36. The van der Waals surface area contributed by atoms with Crippen LogP contribution in [0.15, 0.2) is 41.8 Å². The maximum absolute atomic E-state index is 12.4. The van der Waals surface area contributed by atoms with Crippen LogP contribution >= 0.6 is 0 Å². The van der Waals surface area contributed by atoms with E-state index in [1.54, 1.807) is 14.2 Å². The van der Waals surface area contributed by atoms with E-state index < -0.39 is 10.0 Å². The summed E-state index contributed by atoms with van der Waals surface area (Å²) in [5.41, 5.74) is 0.971. The summed E-state index contributed by atoms with van der Waals surface area (Å²) >= 11 is 0. The zero-order chi connectivity index (χ0) is 15.5. The number of likely N-dealkylation sites (N-methyl/N-ethyl adjacent to an activating group) is 1. The predicted molar refractivity (Wildman–Crippen MR) is 79.7 cm³/mol. The number of hydrogen-bond acceptors (Lipinski definition) is 4. The molecule has 1 heterocycles. The third kappa shape index (κ3) is 3.25. The highest BCUT2D eigenvalue weighted by molar-refractivity contribution is 7.89. The van der Waals surface area contributed by atoms with Gasteiger partial charge in [-0.05, 0) is 25.0 Å². The molecule has 0 aliphatic carbocycles. The van der Waals surface area contributed by atoms with Gasteiger partial charge in [0.05, 0.1) is 19.6 Å². The van der Waals surface area contributed by atoms with Crippen LogP contribution in [0.5, 0.6) is 5.75 Å². The number of imidazole rings is 1. The van der Waals surface area contributed by atoms with Crippen molar-refractivity contribution in [1.82, 2.24) is 14.3 Å². The van der Waals surface area contributed by atoms with E-state index in [4.69, 9.17) is 4.74 Å². The van der Waals surface area contributed by atoms with Gasteiger partial charge in [-0.1, -0.05) is 18.2 Å². The average molecular weight is 309 g/mol. The molecule has 0 aliphatic rings. The highest BCUT2D eigenvalue weighted by Crippen LogP contribution is 2.22. The second kappa shape index (κ2) is 6.28. The van der Waals surface area contributed by atoms with Crippen LogP contribution in [0.1, 0.15) is 12.5 Å². The normalized spacial score (nSPS) is 13.3. The molecule has 0 spiro atoms. The number of methoxy groups -OCH3 is 1. The highest BCUT2D eigenvalue weighted by Gasteiger charge is 2.27. The SMILES string of the molecule is COc1ccccc1CC(C)N(C)S(=O)(=O)c1cnc[nH]1. The molecule has 1 atom stereocenters. The molecule has 1 N–H and O–H groups in total. The fourth-order valence-electron chi connectivity index (χ4n) is 2.09. The molecule has 0 amide bonds. The molecule has 1 aromatic heterocycles. The van der Waals surface area contributed by atoms with Gasteiger partial charge in [-0.15, -0.1) is 0 Å². The second-order valence-electron chi connectivity index (χ2n) is 4.80. The molecule has 1 aromatic carbocycles. The zero-order valence-corrected chi connectivity index (χ0v) is 13.1. The molecule has 2 rings (SSSR count). The lowest BCUT2D eigenvalue weighted by Gasteiger charge is -2.24. The summed E-state index contributed by atoms with van der Waals surface area (Å²) in [6, 6.07) is 7.39. The van der Waals surface area contributed by atoms with E-state index in [1.807, 2.05) is 31.2 Å². The fourth-order valence-corrected chi connectivity index (χ4v) is 3.35. The molecule has 0 radical (unpaired) electrons. The number of ether oxygens (including phenoxy) is 1. The molecule has 21 heavy (non-hydrogen) atoms. The Hall–Kier alpha value is -1.86. The van der Waals surface area contributed by atoms with Crippen molar-refractivity contribution in [2.24, 2.45) is 0 Å². The number of nitrogens with zero attached hydrogens (tertiary/aromatic N) is 2. The topological polar surface area (TPSA) is 75.3 Å². The predicted octanol–water partition coefficient (Wildman–Crippen LogP) is 1.67. The van der Waals surface area contributed by atoms with E-state index >= 15 is 0 Å². The maximum atomic E-state index is 12.4. The molecule has 0 saturated heterocycles. The van der Waals surface area contributed by atoms with Crippen molar-refractivity contribution in [2.75, 3.05) is 14.2 Å². The van der Waals surface area contributed by atoms with Gasteiger partial charge in [0.15, 0.2) is 5.03 Å². The van der Waals surface area contributed by atoms with Crippen molar-refractivity contribution in [1.29, 1.82) is 0 Å². The quantitative estimate of drug-likeness (QED) is 0.880. The van der Waals surface area contributed by atoms with Crippen molar-refractivity contribution in [2.45, 2.75) is 24.4 Å². The van der Waals surface area contributed by atoms with Crippen LogP contribution in [-0.4, -0.2) is 42.9 Å². The van der Waals surface area contributed by atoms with Crippen LogP contribution in [-0.2, 0) is 16.4 Å². The number of sulfonamides is 1. The summed E-state index contributed by atoms with van der Waals surface area (Å²) < 4.78 is 31.4. The molecule has 114 valence electrons. The van der Waals surface area contributed by atoms with Gasteiger partial charge in [0, 0.05) is 13.1 Å². The van der Waals surface area contributed by atoms with E-state index in [0.717, 1.165) is 11.3 Å². The maximum Gasteiger partial charge on any atom is 0.260 e. The van der Waals surface area contributed by atoms with Crippen molar-refractivity contribution in [3.05, 3.63) is 42.4 Å². The lowest BCUT2D eigenvalue weighted by atomic mass is 10.1. The number of H-pyrrole nitrogens is 1. The summed E-state index contributed by atoms with van der Waals surface area (Å²) in [5.74, 6) is 0.761. The van der Waals surface area contributed by atoms with Gasteiger partial charge in [-0.3, -0.25) is 0 Å².